The normalized spacial score (nSPS) is 17.7. The van der Waals surface area contributed by atoms with Gasteiger partial charge in [0.2, 0.25) is 10.0 Å². The van der Waals surface area contributed by atoms with Crippen molar-refractivity contribution in [3.8, 4) is 0 Å². The first-order chi connectivity index (χ1) is 11.2. The van der Waals surface area contributed by atoms with Crippen LogP contribution in [0.4, 0.5) is 0 Å². The minimum Gasteiger partial charge on any atom is -0.346 e. The summed E-state index contributed by atoms with van der Waals surface area (Å²) in [6.07, 6.45) is 1.77. The van der Waals surface area contributed by atoms with Crippen molar-refractivity contribution < 1.29 is 13.2 Å². The van der Waals surface area contributed by atoms with Crippen LogP contribution in [0.15, 0.2) is 29.2 Å². The quantitative estimate of drug-likeness (QED) is 0.840. The smallest absolute Gasteiger partial charge is 0.251 e. The number of carbonyl (C=O) groups is 1. The third-order valence-electron chi connectivity index (χ3n) is 4.46. The number of nitrogens with two attached hydrogens (primary N) is 1. The molecule has 0 aliphatic carbocycles. The molecule has 0 saturated carbocycles. The zero-order valence-corrected chi connectivity index (χ0v) is 15.4. The molecule has 1 amide bonds. The van der Waals surface area contributed by atoms with Gasteiger partial charge in [-0.2, -0.15) is 4.31 Å². The number of hydrogen-bond donors (Lipinski definition) is 2. The van der Waals surface area contributed by atoms with E-state index in [4.69, 9.17) is 5.73 Å². The fraction of sp³-hybridized carbons (Fsp3) is 0.588. The molecule has 3 N–H and O–H groups in total. The van der Waals surface area contributed by atoms with Gasteiger partial charge in [0.25, 0.3) is 5.91 Å². The Bertz CT molecular complexity index is 676. The molecule has 0 atom stereocenters. The lowest BCUT2D eigenvalue weighted by molar-refractivity contribution is 0.0915. The average Bonchev–Trinajstić information content (AvgIpc) is 2.55. The Morgan fingerprint density at radius 2 is 1.79 bits per heavy atom. The Balaban J connectivity index is 2.12. The van der Waals surface area contributed by atoms with Gasteiger partial charge in [0.15, 0.2) is 0 Å². The zero-order chi connectivity index (χ0) is 18.0. The van der Waals surface area contributed by atoms with Crippen molar-refractivity contribution in [2.24, 2.45) is 11.7 Å². The fourth-order valence-corrected chi connectivity index (χ4v) is 4.05. The van der Waals surface area contributed by atoms with Gasteiger partial charge in [-0.3, -0.25) is 4.79 Å². The van der Waals surface area contributed by atoms with Crippen molar-refractivity contribution in [2.75, 3.05) is 19.6 Å². The number of hydrogen-bond acceptors (Lipinski definition) is 4. The van der Waals surface area contributed by atoms with Gasteiger partial charge in [0.1, 0.15) is 0 Å². The molecule has 2 rings (SSSR count). The molecule has 1 aromatic carbocycles. The third kappa shape index (κ3) is 4.34. The number of carbonyl (C=O) groups excluding carboxylic acids is 1. The number of nitrogens with zero attached hydrogens (tertiary/aromatic N) is 1. The van der Waals surface area contributed by atoms with Gasteiger partial charge in [-0.05, 0) is 56.9 Å². The summed E-state index contributed by atoms with van der Waals surface area (Å²) in [5, 5.41) is 2.82. The van der Waals surface area contributed by atoms with Crippen LogP contribution in [-0.4, -0.2) is 43.8 Å². The lowest BCUT2D eigenvalue weighted by atomic mass is 10.0. The molecular weight excluding hydrogens is 326 g/mol. The molecule has 1 aliphatic rings. The molecule has 1 saturated heterocycles. The second kappa shape index (κ2) is 7.21. The van der Waals surface area contributed by atoms with Gasteiger partial charge in [-0.1, -0.05) is 6.92 Å². The predicted molar refractivity (Wildman–Crippen MR) is 94.2 cm³/mol. The highest BCUT2D eigenvalue weighted by Crippen LogP contribution is 2.23. The van der Waals surface area contributed by atoms with Gasteiger partial charge in [0, 0.05) is 30.7 Å². The Kier molecular flexibility index (Phi) is 5.67. The minimum atomic E-state index is -3.49. The molecule has 0 unspecified atom stereocenters. The van der Waals surface area contributed by atoms with Crippen LogP contribution in [0.3, 0.4) is 0 Å². The van der Waals surface area contributed by atoms with E-state index in [0.717, 1.165) is 12.8 Å². The van der Waals surface area contributed by atoms with Crippen LogP contribution in [0.1, 0.15) is 44.0 Å². The predicted octanol–water partition coefficient (Wildman–Crippen LogP) is 1.57. The number of amides is 1. The Morgan fingerprint density at radius 1 is 1.25 bits per heavy atom. The molecule has 24 heavy (non-hydrogen) atoms. The van der Waals surface area contributed by atoms with Crippen LogP contribution in [-0.2, 0) is 10.0 Å². The SMILES string of the molecule is CC1CCN(S(=O)(=O)c2ccc(C(=O)NC(C)(C)CN)cc2)CC1. The lowest BCUT2D eigenvalue weighted by Crippen LogP contribution is -2.48. The first-order valence-electron chi connectivity index (χ1n) is 8.28. The Morgan fingerprint density at radius 3 is 2.29 bits per heavy atom. The summed E-state index contributed by atoms with van der Waals surface area (Å²) in [5.41, 5.74) is 5.52. The van der Waals surface area contributed by atoms with Gasteiger partial charge in [-0.15, -0.1) is 0 Å². The molecule has 6 nitrogen and oxygen atoms in total. The van der Waals surface area contributed by atoms with E-state index in [-0.39, 0.29) is 10.8 Å². The summed E-state index contributed by atoms with van der Waals surface area (Å²) in [4.78, 5) is 12.4. The first-order valence-corrected chi connectivity index (χ1v) is 9.72. The van der Waals surface area contributed by atoms with E-state index in [1.165, 1.54) is 16.4 Å². The number of rotatable bonds is 5. The summed E-state index contributed by atoms with van der Waals surface area (Å²) in [5.74, 6) is 0.301. The second-order valence-corrected chi connectivity index (χ2v) is 9.09. The molecular formula is C17H27N3O3S. The zero-order valence-electron chi connectivity index (χ0n) is 14.6. The van der Waals surface area contributed by atoms with E-state index in [2.05, 4.69) is 12.2 Å². The molecule has 0 radical (unpaired) electrons. The summed E-state index contributed by atoms with van der Waals surface area (Å²) >= 11 is 0. The van der Waals surface area contributed by atoms with Crippen molar-refractivity contribution in [1.29, 1.82) is 0 Å². The van der Waals surface area contributed by atoms with Gasteiger partial charge in [-0.25, -0.2) is 8.42 Å². The monoisotopic (exact) mass is 353 g/mol. The van der Waals surface area contributed by atoms with E-state index >= 15 is 0 Å². The van der Waals surface area contributed by atoms with Crippen LogP contribution in [0.25, 0.3) is 0 Å². The highest BCUT2D eigenvalue weighted by Gasteiger charge is 2.28. The van der Waals surface area contributed by atoms with Crippen LogP contribution < -0.4 is 11.1 Å². The molecule has 7 heteroatoms. The number of benzene rings is 1. The van der Waals surface area contributed by atoms with Crippen molar-refractivity contribution in [1.82, 2.24) is 9.62 Å². The summed E-state index contributed by atoms with van der Waals surface area (Å²) in [6.45, 7) is 7.23. The van der Waals surface area contributed by atoms with E-state index < -0.39 is 15.6 Å². The van der Waals surface area contributed by atoms with E-state index in [1.807, 2.05) is 13.8 Å². The minimum absolute atomic E-state index is 0.228. The molecule has 1 aliphatic heterocycles. The van der Waals surface area contributed by atoms with E-state index in [9.17, 15) is 13.2 Å². The molecule has 0 spiro atoms. The van der Waals surface area contributed by atoms with Crippen LogP contribution in [0.5, 0.6) is 0 Å². The maximum Gasteiger partial charge on any atom is 0.251 e. The van der Waals surface area contributed by atoms with Gasteiger partial charge < -0.3 is 11.1 Å². The van der Waals surface area contributed by atoms with Crippen LogP contribution >= 0.6 is 0 Å². The van der Waals surface area contributed by atoms with Crippen LogP contribution in [0, 0.1) is 5.92 Å². The highest BCUT2D eigenvalue weighted by atomic mass is 32.2. The van der Waals surface area contributed by atoms with Gasteiger partial charge >= 0.3 is 0 Å². The average molecular weight is 353 g/mol. The lowest BCUT2D eigenvalue weighted by Gasteiger charge is -2.29. The number of sulfonamides is 1. The fourth-order valence-electron chi connectivity index (χ4n) is 2.58. The van der Waals surface area contributed by atoms with Crippen molar-refractivity contribution in [2.45, 2.75) is 44.0 Å². The van der Waals surface area contributed by atoms with E-state index in [1.54, 1.807) is 12.1 Å². The maximum atomic E-state index is 12.7. The largest absolute Gasteiger partial charge is 0.346 e. The molecule has 1 fully saturated rings. The summed E-state index contributed by atoms with van der Waals surface area (Å²) < 4.78 is 26.8. The molecule has 134 valence electrons. The summed E-state index contributed by atoms with van der Waals surface area (Å²) in [6, 6.07) is 6.08. The maximum absolute atomic E-state index is 12.7. The van der Waals surface area contributed by atoms with Gasteiger partial charge in [0.05, 0.1) is 4.90 Å². The van der Waals surface area contributed by atoms with Crippen molar-refractivity contribution in [3.05, 3.63) is 29.8 Å². The molecule has 1 aromatic rings. The summed E-state index contributed by atoms with van der Waals surface area (Å²) in [7, 11) is -3.49. The molecule has 0 bridgehead atoms. The second-order valence-electron chi connectivity index (χ2n) is 7.15. The number of piperidine rings is 1. The Hall–Kier alpha value is -1.44. The molecule has 0 aromatic heterocycles. The topological polar surface area (TPSA) is 92.5 Å². The number of nitrogens with one attached hydrogen (secondary N) is 1. The van der Waals surface area contributed by atoms with Crippen molar-refractivity contribution in [3.63, 3.8) is 0 Å². The molecule has 1 heterocycles. The van der Waals surface area contributed by atoms with Crippen LogP contribution in [0.2, 0.25) is 0 Å². The standard InChI is InChI=1S/C17H27N3O3S/c1-13-8-10-20(11-9-13)24(22,23)15-6-4-14(5-7-15)16(21)19-17(2,3)12-18/h4-7,13H,8-12,18H2,1-3H3,(H,19,21). The highest BCUT2D eigenvalue weighted by molar-refractivity contribution is 7.89. The Labute approximate surface area is 144 Å². The third-order valence-corrected chi connectivity index (χ3v) is 6.37. The first kappa shape index (κ1) is 18.9. The van der Waals surface area contributed by atoms with Crippen molar-refractivity contribution >= 4 is 15.9 Å². The van der Waals surface area contributed by atoms with E-state index in [0.29, 0.717) is 31.1 Å².